The van der Waals surface area contributed by atoms with Gasteiger partial charge in [0.2, 0.25) is 0 Å². The first-order valence-electron chi connectivity index (χ1n) is 4.00. The van der Waals surface area contributed by atoms with Gasteiger partial charge in [-0.3, -0.25) is 0 Å². The van der Waals surface area contributed by atoms with Gasteiger partial charge in [0.05, 0.1) is 0 Å². The first-order valence-corrected chi connectivity index (χ1v) is 4.38. The molecule has 0 spiro atoms. The zero-order valence-electron chi connectivity index (χ0n) is 6.88. The summed E-state index contributed by atoms with van der Waals surface area (Å²) in [5.74, 6) is 0. The third-order valence-electron chi connectivity index (χ3n) is 1.94. The van der Waals surface area contributed by atoms with Gasteiger partial charge in [-0.1, -0.05) is 17.7 Å². The van der Waals surface area contributed by atoms with Gasteiger partial charge < -0.3 is 9.78 Å². The molecule has 0 atom stereocenters. The van der Waals surface area contributed by atoms with Crippen LogP contribution in [0.3, 0.4) is 0 Å². The zero-order valence-corrected chi connectivity index (χ0v) is 7.64. The van der Waals surface area contributed by atoms with Crippen LogP contribution in [0.25, 0.3) is 10.9 Å². The lowest BCUT2D eigenvalue weighted by Crippen LogP contribution is -1.83. The SMILES string of the molecule is O=CCc1cc2ccc(Cl)cc2[nH]1. The molecule has 1 heterocycles. The summed E-state index contributed by atoms with van der Waals surface area (Å²) in [6, 6.07) is 7.58. The van der Waals surface area contributed by atoms with Gasteiger partial charge in [-0.15, -0.1) is 0 Å². The molecule has 0 bridgehead atoms. The maximum Gasteiger partial charge on any atom is 0.125 e. The van der Waals surface area contributed by atoms with Gasteiger partial charge in [-0.25, -0.2) is 0 Å². The second kappa shape index (κ2) is 3.23. The van der Waals surface area contributed by atoms with E-state index < -0.39 is 0 Å². The van der Waals surface area contributed by atoms with E-state index in [4.69, 9.17) is 11.6 Å². The van der Waals surface area contributed by atoms with E-state index in [1.54, 1.807) is 0 Å². The van der Waals surface area contributed by atoms with Crippen molar-refractivity contribution in [2.45, 2.75) is 6.42 Å². The molecular weight excluding hydrogens is 186 g/mol. The fraction of sp³-hybridized carbons (Fsp3) is 0.100. The van der Waals surface area contributed by atoms with E-state index in [0.717, 1.165) is 22.9 Å². The number of benzene rings is 1. The first kappa shape index (κ1) is 8.32. The molecule has 1 aromatic heterocycles. The van der Waals surface area contributed by atoms with Crippen LogP contribution in [0.15, 0.2) is 24.3 Å². The highest BCUT2D eigenvalue weighted by atomic mass is 35.5. The molecule has 0 radical (unpaired) electrons. The Labute approximate surface area is 80.5 Å². The first-order chi connectivity index (χ1) is 6.29. The minimum absolute atomic E-state index is 0.423. The quantitative estimate of drug-likeness (QED) is 0.731. The number of hydrogen-bond donors (Lipinski definition) is 1. The summed E-state index contributed by atoms with van der Waals surface area (Å²) in [6.07, 6.45) is 1.30. The largest absolute Gasteiger partial charge is 0.358 e. The van der Waals surface area contributed by atoms with Crippen molar-refractivity contribution in [1.82, 2.24) is 4.98 Å². The van der Waals surface area contributed by atoms with E-state index in [-0.39, 0.29) is 0 Å². The molecule has 66 valence electrons. The molecule has 3 heteroatoms. The molecule has 0 amide bonds. The fourth-order valence-electron chi connectivity index (χ4n) is 1.36. The third kappa shape index (κ3) is 1.58. The lowest BCUT2D eigenvalue weighted by Gasteiger charge is -1.89. The highest BCUT2D eigenvalue weighted by Crippen LogP contribution is 2.19. The van der Waals surface area contributed by atoms with Crippen molar-refractivity contribution in [1.29, 1.82) is 0 Å². The Morgan fingerprint density at radius 1 is 1.38 bits per heavy atom. The monoisotopic (exact) mass is 193 g/mol. The van der Waals surface area contributed by atoms with Crippen molar-refractivity contribution in [3.05, 3.63) is 35.0 Å². The molecule has 0 saturated carbocycles. The lowest BCUT2D eigenvalue weighted by atomic mass is 10.2. The number of rotatable bonds is 2. The van der Waals surface area contributed by atoms with Crippen molar-refractivity contribution in [2.24, 2.45) is 0 Å². The molecule has 0 unspecified atom stereocenters. The van der Waals surface area contributed by atoms with Gasteiger partial charge in [-0.2, -0.15) is 0 Å². The predicted molar refractivity (Wildman–Crippen MR) is 53.1 cm³/mol. The number of halogens is 1. The van der Waals surface area contributed by atoms with Crippen LogP contribution < -0.4 is 0 Å². The van der Waals surface area contributed by atoms with Crippen LogP contribution in [-0.2, 0) is 11.2 Å². The number of aldehydes is 1. The summed E-state index contributed by atoms with van der Waals surface area (Å²) >= 11 is 5.82. The number of H-pyrrole nitrogens is 1. The number of aromatic amines is 1. The van der Waals surface area contributed by atoms with Gasteiger partial charge in [0.25, 0.3) is 0 Å². The van der Waals surface area contributed by atoms with E-state index in [0.29, 0.717) is 11.4 Å². The number of aromatic nitrogens is 1. The van der Waals surface area contributed by atoms with Gasteiger partial charge >= 0.3 is 0 Å². The van der Waals surface area contributed by atoms with E-state index in [9.17, 15) is 4.79 Å². The third-order valence-corrected chi connectivity index (χ3v) is 2.18. The molecule has 13 heavy (non-hydrogen) atoms. The predicted octanol–water partition coefficient (Wildman–Crippen LogP) is 2.56. The normalized spacial score (nSPS) is 10.5. The number of hydrogen-bond acceptors (Lipinski definition) is 1. The molecule has 0 aliphatic rings. The number of nitrogens with one attached hydrogen (secondary N) is 1. The summed E-state index contributed by atoms with van der Waals surface area (Å²) in [6.45, 7) is 0. The molecule has 1 aromatic carbocycles. The molecule has 2 nitrogen and oxygen atoms in total. The van der Waals surface area contributed by atoms with Crippen LogP contribution in [0.2, 0.25) is 5.02 Å². The standard InChI is InChI=1S/C10H8ClNO/c11-8-2-1-7-5-9(3-4-13)12-10(7)6-8/h1-2,4-6,12H,3H2. The van der Waals surface area contributed by atoms with Crippen molar-refractivity contribution in [3.63, 3.8) is 0 Å². The molecule has 0 aliphatic carbocycles. The number of carbonyl (C=O) groups is 1. The maximum atomic E-state index is 10.3. The molecule has 1 N–H and O–H groups in total. The van der Waals surface area contributed by atoms with Crippen LogP contribution in [0.1, 0.15) is 5.69 Å². The second-order valence-corrected chi connectivity index (χ2v) is 3.33. The summed E-state index contributed by atoms with van der Waals surface area (Å²) in [7, 11) is 0. The lowest BCUT2D eigenvalue weighted by molar-refractivity contribution is -0.107. The Hall–Kier alpha value is -1.28. The number of carbonyl (C=O) groups excluding carboxylic acids is 1. The molecule has 2 aromatic rings. The highest BCUT2D eigenvalue weighted by Gasteiger charge is 1.99. The minimum atomic E-state index is 0.423. The summed E-state index contributed by atoms with van der Waals surface area (Å²) < 4.78 is 0. The Balaban J connectivity index is 2.55. The maximum absolute atomic E-state index is 10.3. The highest BCUT2D eigenvalue weighted by molar-refractivity contribution is 6.31. The zero-order chi connectivity index (χ0) is 9.26. The van der Waals surface area contributed by atoms with E-state index in [2.05, 4.69) is 4.98 Å². The summed E-state index contributed by atoms with van der Waals surface area (Å²) in [5, 5.41) is 1.79. The molecule has 0 saturated heterocycles. The summed E-state index contributed by atoms with van der Waals surface area (Å²) in [5.41, 5.74) is 1.90. The second-order valence-electron chi connectivity index (χ2n) is 2.90. The Kier molecular flexibility index (Phi) is 2.07. The molecule has 2 rings (SSSR count). The van der Waals surface area contributed by atoms with Crippen LogP contribution >= 0.6 is 11.6 Å². The van der Waals surface area contributed by atoms with Crippen molar-refractivity contribution >= 4 is 28.8 Å². The molecule has 0 fully saturated rings. The molecule has 0 aliphatic heterocycles. The minimum Gasteiger partial charge on any atom is -0.358 e. The van der Waals surface area contributed by atoms with Gasteiger partial charge in [0.15, 0.2) is 0 Å². The average Bonchev–Trinajstić information content (AvgIpc) is 2.46. The average molecular weight is 194 g/mol. The van der Waals surface area contributed by atoms with Crippen LogP contribution in [0.4, 0.5) is 0 Å². The molecular formula is C10H8ClNO. The topological polar surface area (TPSA) is 32.9 Å². The van der Waals surface area contributed by atoms with Crippen LogP contribution in [0, 0.1) is 0 Å². The van der Waals surface area contributed by atoms with Gasteiger partial charge in [0.1, 0.15) is 6.29 Å². The number of fused-ring (bicyclic) bond motifs is 1. The van der Waals surface area contributed by atoms with Crippen molar-refractivity contribution in [2.75, 3.05) is 0 Å². The Bertz CT molecular complexity index is 447. The fourth-order valence-corrected chi connectivity index (χ4v) is 1.53. The van der Waals surface area contributed by atoms with Gasteiger partial charge in [0, 0.05) is 22.7 Å². The van der Waals surface area contributed by atoms with Crippen molar-refractivity contribution in [3.8, 4) is 0 Å². The van der Waals surface area contributed by atoms with Crippen LogP contribution in [-0.4, -0.2) is 11.3 Å². The van der Waals surface area contributed by atoms with Crippen molar-refractivity contribution < 1.29 is 4.79 Å². The van der Waals surface area contributed by atoms with Gasteiger partial charge in [-0.05, 0) is 23.6 Å². The Morgan fingerprint density at radius 3 is 3.00 bits per heavy atom. The van der Waals surface area contributed by atoms with E-state index >= 15 is 0 Å². The Morgan fingerprint density at radius 2 is 2.23 bits per heavy atom. The van der Waals surface area contributed by atoms with E-state index in [1.807, 2.05) is 24.3 Å². The smallest absolute Gasteiger partial charge is 0.125 e. The summed E-state index contributed by atoms with van der Waals surface area (Å²) in [4.78, 5) is 13.4. The van der Waals surface area contributed by atoms with E-state index in [1.165, 1.54) is 0 Å². The van der Waals surface area contributed by atoms with Crippen LogP contribution in [0.5, 0.6) is 0 Å².